The summed E-state index contributed by atoms with van der Waals surface area (Å²) in [7, 11) is 1.77. The smallest absolute Gasteiger partial charge is 0.272 e. The highest BCUT2D eigenvalue weighted by atomic mass is 32.1. The van der Waals surface area contributed by atoms with Gasteiger partial charge in [-0.2, -0.15) is 0 Å². The van der Waals surface area contributed by atoms with Crippen LogP contribution in [-0.4, -0.2) is 33.8 Å². The van der Waals surface area contributed by atoms with Crippen molar-refractivity contribution in [3.05, 3.63) is 35.1 Å². The first-order valence-electron chi connectivity index (χ1n) is 5.35. The summed E-state index contributed by atoms with van der Waals surface area (Å²) in [6, 6.07) is 0. The monoisotopic (exact) mass is 249 g/mol. The van der Waals surface area contributed by atoms with E-state index >= 15 is 0 Å². The van der Waals surface area contributed by atoms with E-state index in [1.54, 1.807) is 29.4 Å². The SMILES string of the molecule is C=CCN(C)C(=O)c1c(C)nc2scc(C)n12. The average molecular weight is 249 g/mol. The predicted octanol–water partition coefficient (Wildman–Crippen LogP) is 2.27. The number of aromatic nitrogens is 2. The third kappa shape index (κ3) is 1.86. The van der Waals surface area contributed by atoms with Gasteiger partial charge in [0.2, 0.25) is 0 Å². The van der Waals surface area contributed by atoms with Gasteiger partial charge in [-0.25, -0.2) is 4.98 Å². The number of imidazole rings is 1. The lowest BCUT2D eigenvalue weighted by Crippen LogP contribution is -2.28. The van der Waals surface area contributed by atoms with Crippen LogP contribution in [0.15, 0.2) is 18.0 Å². The summed E-state index contributed by atoms with van der Waals surface area (Å²) in [6.45, 7) is 8.03. The zero-order valence-electron chi connectivity index (χ0n) is 10.2. The Kier molecular flexibility index (Phi) is 3.02. The van der Waals surface area contributed by atoms with Gasteiger partial charge in [-0.15, -0.1) is 17.9 Å². The van der Waals surface area contributed by atoms with E-state index in [2.05, 4.69) is 11.6 Å². The summed E-state index contributed by atoms with van der Waals surface area (Å²) >= 11 is 1.55. The number of thiazole rings is 1. The summed E-state index contributed by atoms with van der Waals surface area (Å²) in [5.41, 5.74) is 2.48. The van der Waals surface area contributed by atoms with Crippen LogP contribution >= 0.6 is 11.3 Å². The number of nitrogens with zero attached hydrogens (tertiary/aromatic N) is 3. The highest BCUT2D eigenvalue weighted by molar-refractivity contribution is 7.15. The van der Waals surface area contributed by atoms with Crippen LogP contribution in [0.4, 0.5) is 0 Å². The van der Waals surface area contributed by atoms with Gasteiger partial charge in [-0.3, -0.25) is 9.20 Å². The molecule has 2 aromatic rings. The molecule has 0 atom stereocenters. The summed E-state index contributed by atoms with van der Waals surface area (Å²) in [4.78, 5) is 19.2. The minimum atomic E-state index is -0.0172. The maximum absolute atomic E-state index is 12.3. The molecular weight excluding hydrogens is 234 g/mol. The average Bonchev–Trinajstić information content (AvgIpc) is 2.78. The van der Waals surface area contributed by atoms with Gasteiger partial charge >= 0.3 is 0 Å². The molecule has 1 amide bonds. The second-order valence-electron chi connectivity index (χ2n) is 4.02. The van der Waals surface area contributed by atoms with Crippen molar-refractivity contribution >= 4 is 22.2 Å². The quantitative estimate of drug-likeness (QED) is 0.783. The number of carbonyl (C=O) groups is 1. The number of aryl methyl sites for hydroxylation is 2. The molecule has 0 fully saturated rings. The molecule has 17 heavy (non-hydrogen) atoms. The minimum absolute atomic E-state index is 0.0172. The molecule has 0 aliphatic carbocycles. The summed E-state index contributed by atoms with van der Waals surface area (Å²) in [5.74, 6) is -0.0172. The van der Waals surface area contributed by atoms with Crippen molar-refractivity contribution in [1.29, 1.82) is 0 Å². The molecule has 0 radical (unpaired) electrons. The van der Waals surface area contributed by atoms with E-state index in [4.69, 9.17) is 0 Å². The highest BCUT2D eigenvalue weighted by Crippen LogP contribution is 2.21. The topological polar surface area (TPSA) is 37.6 Å². The van der Waals surface area contributed by atoms with Crippen molar-refractivity contribution in [3.63, 3.8) is 0 Å². The Morgan fingerprint density at radius 1 is 1.65 bits per heavy atom. The number of rotatable bonds is 3. The van der Waals surface area contributed by atoms with Crippen molar-refractivity contribution in [2.75, 3.05) is 13.6 Å². The summed E-state index contributed by atoms with van der Waals surface area (Å²) in [6.07, 6.45) is 1.71. The fourth-order valence-electron chi connectivity index (χ4n) is 1.81. The van der Waals surface area contributed by atoms with Gasteiger partial charge in [0, 0.05) is 24.7 Å². The molecule has 0 unspecified atom stereocenters. The van der Waals surface area contributed by atoms with E-state index < -0.39 is 0 Å². The van der Waals surface area contributed by atoms with E-state index in [-0.39, 0.29) is 5.91 Å². The second-order valence-corrected chi connectivity index (χ2v) is 4.85. The Bertz CT molecular complexity index is 582. The Morgan fingerprint density at radius 3 is 3.00 bits per heavy atom. The Morgan fingerprint density at radius 2 is 2.35 bits per heavy atom. The molecule has 90 valence electrons. The molecule has 2 aromatic heterocycles. The van der Waals surface area contributed by atoms with Crippen LogP contribution in [0.1, 0.15) is 21.9 Å². The fraction of sp³-hybridized carbons (Fsp3) is 0.333. The van der Waals surface area contributed by atoms with Gasteiger partial charge < -0.3 is 4.90 Å². The van der Waals surface area contributed by atoms with E-state index in [0.717, 1.165) is 16.3 Å². The molecule has 0 N–H and O–H groups in total. The zero-order chi connectivity index (χ0) is 12.6. The maximum atomic E-state index is 12.3. The first-order valence-corrected chi connectivity index (χ1v) is 6.23. The molecule has 0 aromatic carbocycles. The van der Waals surface area contributed by atoms with Crippen molar-refractivity contribution in [3.8, 4) is 0 Å². The van der Waals surface area contributed by atoms with Crippen LogP contribution < -0.4 is 0 Å². The molecule has 0 saturated heterocycles. The second kappa shape index (κ2) is 4.33. The van der Waals surface area contributed by atoms with Crippen molar-refractivity contribution in [2.24, 2.45) is 0 Å². The van der Waals surface area contributed by atoms with Crippen LogP contribution in [0, 0.1) is 13.8 Å². The normalized spacial score (nSPS) is 10.8. The van der Waals surface area contributed by atoms with Crippen LogP contribution in [0.25, 0.3) is 4.96 Å². The number of amides is 1. The van der Waals surface area contributed by atoms with Crippen LogP contribution in [0.2, 0.25) is 0 Å². The molecule has 5 heteroatoms. The number of likely N-dealkylation sites (N-methyl/N-ethyl adjacent to an activating group) is 1. The fourth-order valence-corrected chi connectivity index (χ4v) is 2.72. The number of carbonyl (C=O) groups excluding carboxylic acids is 1. The van der Waals surface area contributed by atoms with Gasteiger partial charge in [-0.05, 0) is 13.8 Å². The molecular formula is C12H15N3OS. The maximum Gasteiger partial charge on any atom is 0.272 e. The van der Waals surface area contributed by atoms with Crippen LogP contribution in [-0.2, 0) is 0 Å². The van der Waals surface area contributed by atoms with Gasteiger partial charge in [0.15, 0.2) is 4.96 Å². The molecule has 2 rings (SSSR count). The van der Waals surface area contributed by atoms with Gasteiger partial charge in [0.05, 0.1) is 5.69 Å². The van der Waals surface area contributed by atoms with Crippen molar-refractivity contribution in [1.82, 2.24) is 14.3 Å². The molecule has 0 saturated carbocycles. The minimum Gasteiger partial charge on any atom is -0.337 e. The van der Waals surface area contributed by atoms with Crippen LogP contribution in [0.5, 0.6) is 0 Å². The van der Waals surface area contributed by atoms with Gasteiger partial charge in [0.25, 0.3) is 5.91 Å². The molecule has 2 heterocycles. The first kappa shape index (κ1) is 11.9. The molecule has 0 aliphatic rings. The van der Waals surface area contributed by atoms with E-state index in [1.807, 2.05) is 23.6 Å². The predicted molar refractivity (Wildman–Crippen MR) is 69.7 cm³/mol. The number of hydrogen-bond acceptors (Lipinski definition) is 3. The third-order valence-electron chi connectivity index (χ3n) is 2.66. The number of fused-ring (bicyclic) bond motifs is 1. The molecule has 0 aliphatic heterocycles. The van der Waals surface area contributed by atoms with E-state index in [1.165, 1.54) is 0 Å². The summed E-state index contributed by atoms with van der Waals surface area (Å²) < 4.78 is 1.92. The molecule has 0 spiro atoms. The van der Waals surface area contributed by atoms with Crippen molar-refractivity contribution in [2.45, 2.75) is 13.8 Å². The standard InChI is InChI=1S/C12H15N3OS/c1-5-6-14(4)11(16)10-9(3)13-12-15(10)8(2)7-17-12/h5,7H,1,6H2,2-4H3. The zero-order valence-corrected chi connectivity index (χ0v) is 11.0. The van der Waals surface area contributed by atoms with Crippen LogP contribution in [0.3, 0.4) is 0 Å². The molecule has 4 nitrogen and oxygen atoms in total. The Hall–Kier alpha value is -1.62. The Balaban J connectivity index is 2.53. The Labute approximate surface area is 104 Å². The highest BCUT2D eigenvalue weighted by Gasteiger charge is 2.21. The van der Waals surface area contributed by atoms with Gasteiger partial charge in [0.1, 0.15) is 5.69 Å². The lowest BCUT2D eigenvalue weighted by molar-refractivity contribution is 0.0802. The van der Waals surface area contributed by atoms with E-state index in [9.17, 15) is 4.79 Å². The van der Waals surface area contributed by atoms with E-state index in [0.29, 0.717) is 12.2 Å². The largest absolute Gasteiger partial charge is 0.337 e. The third-order valence-corrected chi connectivity index (χ3v) is 3.60. The lowest BCUT2D eigenvalue weighted by Gasteiger charge is -2.14. The molecule has 0 bridgehead atoms. The lowest BCUT2D eigenvalue weighted by atomic mass is 10.3. The first-order chi connectivity index (χ1) is 8.06. The number of hydrogen-bond donors (Lipinski definition) is 0. The van der Waals surface area contributed by atoms with Gasteiger partial charge in [-0.1, -0.05) is 6.08 Å². The summed E-state index contributed by atoms with van der Waals surface area (Å²) in [5, 5.41) is 2.01. The van der Waals surface area contributed by atoms with Crippen molar-refractivity contribution < 1.29 is 4.79 Å².